The van der Waals surface area contributed by atoms with Crippen LogP contribution in [0.25, 0.3) is 0 Å². The summed E-state index contributed by atoms with van der Waals surface area (Å²) in [5, 5.41) is 13.6. The third-order valence-corrected chi connectivity index (χ3v) is 3.78. The lowest BCUT2D eigenvalue weighted by molar-refractivity contribution is 0.0115. The van der Waals surface area contributed by atoms with Gasteiger partial charge in [-0.25, -0.2) is 0 Å². The maximum Gasteiger partial charge on any atom is 0.0766 e. The number of hydrogen-bond donors (Lipinski definition) is 2. The van der Waals surface area contributed by atoms with Gasteiger partial charge in [-0.2, -0.15) is 0 Å². The van der Waals surface area contributed by atoms with Crippen LogP contribution in [0.15, 0.2) is 0 Å². The molecule has 0 aromatic carbocycles. The highest BCUT2D eigenvalue weighted by atomic mass is 16.3. The molecule has 0 saturated carbocycles. The highest BCUT2D eigenvalue weighted by molar-refractivity contribution is 4.81. The highest BCUT2D eigenvalue weighted by Crippen LogP contribution is 2.15. The summed E-state index contributed by atoms with van der Waals surface area (Å²) < 4.78 is 0. The van der Waals surface area contributed by atoms with Crippen molar-refractivity contribution in [2.24, 2.45) is 5.92 Å². The van der Waals surface area contributed by atoms with Crippen LogP contribution in [0, 0.1) is 5.92 Å². The molecule has 3 nitrogen and oxygen atoms in total. The molecule has 3 heteroatoms. The lowest BCUT2D eigenvalue weighted by Gasteiger charge is -2.30. The average molecular weight is 228 g/mol. The SMILES string of the molecule is CC(CN1CCCC1)NCC(C)(O)C(C)C. The van der Waals surface area contributed by atoms with E-state index in [0.29, 0.717) is 18.5 Å². The minimum Gasteiger partial charge on any atom is -0.389 e. The van der Waals surface area contributed by atoms with E-state index in [1.165, 1.54) is 25.9 Å². The number of aliphatic hydroxyl groups is 1. The van der Waals surface area contributed by atoms with Gasteiger partial charge in [-0.1, -0.05) is 13.8 Å². The van der Waals surface area contributed by atoms with Gasteiger partial charge in [0, 0.05) is 19.1 Å². The highest BCUT2D eigenvalue weighted by Gasteiger charge is 2.25. The van der Waals surface area contributed by atoms with Crippen molar-refractivity contribution in [3.8, 4) is 0 Å². The maximum absolute atomic E-state index is 10.1. The van der Waals surface area contributed by atoms with Crippen LogP contribution < -0.4 is 5.32 Å². The summed E-state index contributed by atoms with van der Waals surface area (Å²) in [7, 11) is 0. The van der Waals surface area contributed by atoms with Crippen LogP contribution in [-0.2, 0) is 0 Å². The summed E-state index contributed by atoms with van der Waals surface area (Å²) >= 11 is 0. The van der Waals surface area contributed by atoms with Crippen molar-refractivity contribution in [3.63, 3.8) is 0 Å². The fourth-order valence-corrected chi connectivity index (χ4v) is 2.00. The lowest BCUT2D eigenvalue weighted by atomic mass is 9.92. The summed E-state index contributed by atoms with van der Waals surface area (Å²) in [5.41, 5.74) is -0.598. The molecule has 2 unspecified atom stereocenters. The van der Waals surface area contributed by atoms with Gasteiger partial charge >= 0.3 is 0 Å². The fourth-order valence-electron chi connectivity index (χ4n) is 2.00. The molecule has 96 valence electrons. The van der Waals surface area contributed by atoms with E-state index in [1.807, 2.05) is 6.92 Å². The largest absolute Gasteiger partial charge is 0.389 e. The lowest BCUT2D eigenvalue weighted by Crippen LogP contribution is -2.47. The summed E-state index contributed by atoms with van der Waals surface area (Å²) in [6.45, 7) is 12.5. The van der Waals surface area contributed by atoms with Crippen molar-refractivity contribution in [1.29, 1.82) is 0 Å². The van der Waals surface area contributed by atoms with Gasteiger partial charge in [0.15, 0.2) is 0 Å². The molecule has 1 aliphatic heterocycles. The normalized spacial score (nSPS) is 23.6. The smallest absolute Gasteiger partial charge is 0.0766 e. The van der Waals surface area contributed by atoms with Crippen LogP contribution in [0.3, 0.4) is 0 Å². The first kappa shape index (κ1) is 13.9. The van der Waals surface area contributed by atoms with E-state index < -0.39 is 5.60 Å². The number of nitrogens with zero attached hydrogens (tertiary/aromatic N) is 1. The van der Waals surface area contributed by atoms with Gasteiger partial charge in [-0.15, -0.1) is 0 Å². The Morgan fingerprint density at radius 1 is 1.25 bits per heavy atom. The van der Waals surface area contributed by atoms with Crippen LogP contribution in [0.1, 0.15) is 40.5 Å². The van der Waals surface area contributed by atoms with Crippen LogP contribution in [-0.4, -0.2) is 47.8 Å². The Balaban J connectivity index is 2.21. The number of hydrogen-bond acceptors (Lipinski definition) is 3. The predicted octanol–water partition coefficient (Wildman–Crippen LogP) is 1.47. The summed E-state index contributed by atoms with van der Waals surface area (Å²) in [6, 6.07) is 0.461. The van der Waals surface area contributed by atoms with Gasteiger partial charge in [0.2, 0.25) is 0 Å². The van der Waals surface area contributed by atoms with Crippen LogP contribution in [0.4, 0.5) is 0 Å². The first-order chi connectivity index (χ1) is 7.42. The third-order valence-electron chi connectivity index (χ3n) is 3.78. The number of rotatable bonds is 6. The molecule has 0 spiro atoms. The summed E-state index contributed by atoms with van der Waals surface area (Å²) in [6.07, 6.45) is 2.69. The Kier molecular flexibility index (Phi) is 5.22. The number of nitrogens with one attached hydrogen (secondary N) is 1. The third kappa shape index (κ3) is 4.40. The molecule has 0 aromatic rings. The summed E-state index contributed by atoms with van der Waals surface area (Å²) in [4.78, 5) is 2.50. The fraction of sp³-hybridized carbons (Fsp3) is 1.00. The van der Waals surface area contributed by atoms with Crippen LogP contribution >= 0.6 is 0 Å². The van der Waals surface area contributed by atoms with Gasteiger partial charge in [-0.3, -0.25) is 0 Å². The Morgan fingerprint density at radius 2 is 1.81 bits per heavy atom. The van der Waals surface area contributed by atoms with Gasteiger partial charge in [-0.05, 0) is 45.7 Å². The molecule has 1 saturated heterocycles. The average Bonchev–Trinajstić information content (AvgIpc) is 2.67. The molecule has 0 bridgehead atoms. The van der Waals surface area contributed by atoms with E-state index in [2.05, 4.69) is 31.0 Å². The van der Waals surface area contributed by atoms with Gasteiger partial charge in [0.25, 0.3) is 0 Å². The topological polar surface area (TPSA) is 35.5 Å². The Morgan fingerprint density at radius 3 is 2.31 bits per heavy atom. The Hall–Kier alpha value is -0.120. The van der Waals surface area contributed by atoms with E-state index in [9.17, 15) is 5.11 Å². The second-order valence-corrected chi connectivity index (χ2v) is 5.80. The maximum atomic E-state index is 10.1. The Labute approximate surface area is 100 Å². The molecule has 2 atom stereocenters. The second-order valence-electron chi connectivity index (χ2n) is 5.80. The Bertz CT molecular complexity index is 198. The van der Waals surface area contributed by atoms with Crippen molar-refractivity contribution in [2.75, 3.05) is 26.2 Å². The molecule has 1 aliphatic rings. The summed E-state index contributed by atoms with van der Waals surface area (Å²) in [5.74, 6) is 0.291. The molecule has 1 heterocycles. The van der Waals surface area contributed by atoms with Gasteiger partial charge in [0.1, 0.15) is 0 Å². The minimum absolute atomic E-state index is 0.291. The van der Waals surface area contributed by atoms with Crippen LogP contribution in [0.2, 0.25) is 0 Å². The van der Waals surface area contributed by atoms with Crippen molar-refractivity contribution in [3.05, 3.63) is 0 Å². The van der Waals surface area contributed by atoms with E-state index in [1.54, 1.807) is 0 Å². The predicted molar refractivity (Wildman–Crippen MR) is 68.6 cm³/mol. The molecule has 1 rings (SSSR count). The molecule has 16 heavy (non-hydrogen) atoms. The van der Waals surface area contributed by atoms with Crippen molar-refractivity contribution in [2.45, 2.75) is 52.2 Å². The van der Waals surface area contributed by atoms with Gasteiger partial charge in [0.05, 0.1) is 5.60 Å². The van der Waals surface area contributed by atoms with Crippen LogP contribution in [0.5, 0.6) is 0 Å². The molecule has 0 aliphatic carbocycles. The second kappa shape index (κ2) is 5.99. The monoisotopic (exact) mass is 228 g/mol. The molecule has 0 aromatic heterocycles. The zero-order valence-corrected chi connectivity index (χ0v) is 11.3. The molecule has 1 fully saturated rings. The van der Waals surface area contributed by atoms with Crippen molar-refractivity contribution >= 4 is 0 Å². The molecule has 0 radical (unpaired) electrons. The zero-order chi connectivity index (χ0) is 12.2. The van der Waals surface area contributed by atoms with Crippen molar-refractivity contribution in [1.82, 2.24) is 10.2 Å². The molecule has 0 amide bonds. The molecular formula is C13H28N2O. The first-order valence-corrected chi connectivity index (χ1v) is 6.60. The number of likely N-dealkylation sites (tertiary alicyclic amines) is 1. The minimum atomic E-state index is -0.598. The van der Waals surface area contributed by atoms with Gasteiger partial charge < -0.3 is 15.3 Å². The van der Waals surface area contributed by atoms with Crippen molar-refractivity contribution < 1.29 is 5.11 Å². The van der Waals surface area contributed by atoms with E-state index in [4.69, 9.17) is 0 Å². The zero-order valence-electron chi connectivity index (χ0n) is 11.3. The molecule has 2 N–H and O–H groups in total. The molecular weight excluding hydrogens is 200 g/mol. The van der Waals surface area contributed by atoms with E-state index in [-0.39, 0.29) is 0 Å². The van der Waals surface area contributed by atoms with E-state index >= 15 is 0 Å². The standard InChI is InChI=1S/C13H28N2O/c1-11(2)13(4,16)10-14-12(3)9-15-7-5-6-8-15/h11-12,14,16H,5-10H2,1-4H3. The quantitative estimate of drug-likeness (QED) is 0.722. The van der Waals surface area contributed by atoms with E-state index in [0.717, 1.165) is 6.54 Å². The first-order valence-electron chi connectivity index (χ1n) is 6.60.